The molecule has 0 spiro atoms. The Bertz CT molecular complexity index is 337. The molecule has 0 saturated carbocycles. The van der Waals surface area contributed by atoms with Crippen LogP contribution >= 0.6 is 11.8 Å². The van der Waals surface area contributed by atoms with E-state index in [1.54, 1.807) is 11.8 Å². The number of carboxylic acids is 2. The van der Waals surface area contributed by atoms with Crippen LogP contribution in [0.1, 0.15) is 71.1 Å². The zero-order valence-electron chi connectivity index (χ0n) is 16.0. The highest BCUT2D eigenvalue weighted by Gasteiger charge is 2.15. The predicted octanol–water partition coefficient (Wildman–Crippen LogP) is 4.57. The van der Waals surface area contributed by atoms with Crippen LogP contribution in [-0.2, 0) is 9.59 Å². The SMILES string of the molecule is C=CC(=O)O.CCCCCCCCCCCN[C@@H](CCSC)C(=O)O. The maximum atomic E-state index is 11.0. The summed E-state index contributed by atoms with van der Waals surface area (Å²) >= 11 is 1.70. The molecule has 0 unspecified atom stereocenters. The van der Waals surface area contributed by atoms with Crippen LogP contribution in [0.25, 0.3) is 0 Å². The highest BCUT2D eigenvalue weighted by molar-refractivity contribution is 7.98. The van der Waals surface area contributed by atoms with Crippen LogP contribution in [0.2, 0.25) is 0 Å². The van der Waals surface area contributed by atoms with Gasteiger partial charge in [-0.2, -0.15) is 11.8 Å². The second-order valence-electron chi connectivity index (χ2n) is 6.00. The van der Waals surface area contributed by atoms with Gasteiger partial charge in [0.15, 0.2) is 0 Å². The van der Waals surface area contributed by atoms with E-state index in [9.17, 15) is 9.59 Å². The van der Waals surface area contributed by atoms with Crippen LogP contribution in [0.5, 0.6) is 0 Å². The van der Waals surface area contributed by atoms with E-state index in [-0.39, 0.29) is 6.04 Å². The van der Waals surface area contributed by atoms with Crippen molar-refractivity contribution in [2.24, 2.45) is 0 Å². The van der Waals surface area contributed by atoms with Gasteiger partial charge in [-0.3, -0.25) is 4.79 Å². The number of unbranched alkanes of at least 4 members (excludes halogenated alkanes) is 8. The van der Waals surface area contributed by atoms with Gasteiger partial charge in [0.05, 0.1) is 0 Å². The van der Waals surface area contributed by atoms with Crippen LogP contribution in [0.15, 0.2) is 12.7 Å². The predicted molar refractivity (Wildman–Crippen MR) is 107 cm³/mol. The van der Waals surface area contributed by atoms with Gasteiger partial charge in [-0.15, -0.1) is 0 Å². The van der Waals surface area contributed by atoms with Crippen LogP contribution in [-0.4, -0.2) is 46.7 Å². The molecule has 3 N–H and O–H groups in total. The summed E-state index contributed by atoms with van der Waals surface area (Å²) in [5.74, 6) is -0.790. The van der Waals surface area contributed by atoms with E-state index in [0.29, 0.717) is 6.42 Å². The molecular formula is C19H37NO4S. The Morgan fingerprint density at radius 1 is 1.04 bits per heavy atom. The number of aliphatic carboxylic acids is 2. The van der Waals surface area contributed by atoms with E-state index < -0.39 is 11.9 Å². The minimum absolute atomic E-state index is 0.364. The normalized spacial score (nSPS) is 11.3. The topological polar surface area (TPSA) is 86.6 Å². The molecule has 0 heterocycles. The molecule has 6 heteroatoms. The highest BCUT2D eigenvalue weighted by Crippen LogP contribution is 2.09. The number of thioether (sulfide) groups is 1. The fourth-order valence-electron chi connectivity index (χ4n) is 2.26. The first-order valence-electron chi connectivity index (χ1n) is 9.30. The first kappa shape index (κ1) is 26.2. The van der Waals surface area contributed by atoms with Gasteiger partial charge in [0.2, 0.25) is 0 Å². The third-order valence-corrected chi connectivity index (χ3v) is 4.40. The zero-order chi connectivity index (χ0) is 19.3. The summed E-state index contributed by atoms with van der Waals surface area (Å²) < 4.78 is 0. The molecule has 25 heavy (non-hydrogen) atoms. The largest absolute Gasteiger partial charge is 0.480 e. The molecule has 0 amide bonds. The third-order valence-electron chi connectivity index (χ3n) is 3.75. The molecule has 148 valence electrons. The maximum absolute atomic E-state index is 11.0. The second-order valence-corrected chi connectivity index (χ2v) is 6.98. The Hall–Kier alpha value is -1.01. The molecule has 0 bridgehead atoms. The Balaban J connectivity index is 0. The fourth-order valence-corrected chi connectivity index (χ4v) is 2.73. The van der Waals surface area contributed by atoms with Gasteiger partial charge in [0.25, 0.3) is 0 Å². The average Bonchev–Trinajstić information content (AvgIpc) is 2.59. The molecule has 0 aliphatic rings. The van der Waals surface area contributed by atoms with Gasteiger partial charge in [-0.25, -0.2) is 4.79 Å². The lowest BCUT2D eigenvalue weighted by Crippen LogP contribution is -2.37. The van der Waals surface area contributed by atoms with Crippen molar-refractivity contribution in [3.05, 3.63) is 12.7 Å². The summed E-state index contributed by atoms with van der Waals surface area (Å²) in [7, 11) is 0. The summed E-state index contributed by atoms with van der Waals surface area (Å²) in [5.41, 5.74) is 0. The lowest BCUT2D eigenvalue weighted by Gasteiger charge is -2.13. The van der Waals surface area contributed by atoms with Crippen molar-refractivity contribution in [2.45, 2.75) is 77.2 Å². The van der Waals surface area contributed by atoms with Gasteiger partial charge < -0.3 is 15.5 Å². The average molecular weight is 376 g/mol. The van der Waals surface area contributed by atoms with Crippen molar-refractivity contribution in [3.63, 3.8) is 0 Å². The molecule has 0 aromatic heterocycles. The molecule has 0 aliphatic heterocycles. The van der Waals surface area contributed by atoms with E-state index in [1.807, 2.05) is 6.26 Å². The number of carbonyl (C=O) groups is 2. The lowest BCUT2D eigenvalue weighted by molar-refractivity contribution is -0.139. The Labute approximate surface area is 157 Å². The van der Waals surface area contributed by atoms with Crippen LogP contribution in [0.3, 0.4) is 0 Å². The van der Waals surface area contributed by atoms with Crippen LogP contribution in [0, 0.1) is 0 Å². The number of carboxylic acid groups (broad SMARTS) is 2. The summed E-state index contributed by atoms with van der Waals surface area (Å²) in [6, 6.07) is -0.364. The molecule has 0 saturated heterocycles. The molecule has 0 aliphatic carbocycles. The molecule has 1 atom stereocenters. The quantitative estimate of drug-likeness (QED) is 0.271. The summed E-state index contributed by atoms with van der Waals surface area (Å²) in [6.45, 7) is 6.04. The van der Waals surface area contributed by atoms with Crippen molar-refractivity contribution < 1.29 is 19.8 Å². The van der Waals surface area contributed by atoms with Crippen molar-refractivity contribution in [1.29, 1.82) is 0 Å². The molecule has 0 radical (unpaired) electrons. The summed E-state index contributed by atoms with van der Waals surface area (Å²) in [5, 5.41) is 19.8. The van der Waals surface area contributed by atoms with E-state index in [1.165, 1.54) is 51.4 Å². The molecule has 0 aromatic rings. The van der Waals surface area contributed by atoms with Crippen molar-refractivity contribution in [1.82, 2.24) is 5.32 Å². The summed E-state index contributed by atoms with van der Waals surface area (Å²) in [4.78, 5) is 20.3. The number of hydrogen-bond acceptors (Lipinski definition) is 4. The number of rotatable bonds is 16. The van der Waals surface area contributed by atoms with E-state index in [2.05, 4.69) is 18.8 Å². The van der Waals surface area contributed by atoms with Gasteiger partial charge in [0.1, 0.15) is 6.04 Å². The monoisotopic (exact) mass is 375 g/mol. The fraction of sp³-hybridized carbons (Fsp3) is 0.789. The van der Waals surface area contributed by atoms with E-state index in [0.717, 1.165) is 24.8 Å². The minimum Gasteiger partial charge on any atom is -0.480 e. The maximum Gasteiger partial charge on any atom is 0.327 e. The number of nitrogens with one attached hydrogen (secondary N) is 1. The molecule has 5 nitrogen and oxygen atoms in total. The first-order chi connectivity index (χ1) is 12.0. The van der Waals surface area contributed by atoms with Gasteiger partial charge in [-0.05, 0) is 31.4 Å². The molecule has 0 rings (SSSR count). The van der Waals surface area contributed by atoms with Crippen molar-refractivity contribution >= 4 is 23.7 Å². The Kier molecular flexibility index (Phi) is 22.1. The van der Waals surface area contributed by atoms with E-state index >= 15 is 0 Å². The van der Waals surface area contributed by atoms with Gasteiger partial charge in [-0.1, -0.05) is 64.9 Å². The van der Waals surface area contributed by atoms with E-state index in [4.69, 9.17) is 10.2 Å². The van der Waals surface area contributed by atoms with Gasteiger partial charge in [0, 0.05) is 6.08 Å². The first-order valence-corrected chi connectivity index (χ1v) is 10.7. The lowest BCUT2D eigenvalue weighted by atomic mass is 10.1. The molecule has 0 aromatic carbocycles. The van der Waals surface area contributed by atoms with Crippen LogP contribution in [0.4, 0.5) is 0 Å². The van der Waals surface area contributed by atoms with Crippen molar-refractivity contribution in [2.75, 3.05) is 18.6 Å². The summed E-state index contributed by atoms with van der Waals surface area (Å²) in [6.07, 6.45) is 15.3. The smallest absolute Gasteiger partial charge is 0.327 e. The standard InChI is InChI=1S/C16H33NO2S.C3H4O2/c1-3-4-5-6-7-8-9-10-11-13-17-15(16(18)19)12-14-20-2;1-2-3(4)5/h15,17H,3-14H2,1-2H3,(H,18,19);2H,1H2,(H,4,5)/t15-;/m0./s1. The zero-order valence-corrected chi connectivity index (χ0v) is 16.8. The molecule has 0 fully saturated rings. The Morgan fingerprint density at radius 2 is 1.52 bits per heavy atom. The van der Waals surface area contributed by atoms with Crippen molar-refractivity contribution in [3.8, 4) is 0 Å². The second kappa shape index (κ2) is 21.0. The molecular weight excluding hydrogens is 338 g/mol. The van der Waals surface area contributed by atoms with Gasteiger partial charge >= 0.3 is 11.9 Å². The third kappa shape index (κ3) is 23.0. The Morgan fingerprint density at radius 3 is 1.92 bits per heavy atom. The highest BCUT2D eigenvalue weighted by atomic mass is 32.2. The van der Waals surface area contributed by atoms with Crippen LogP contribution < -0.4 is 5.32 Å². The minimum atomic E-state index is -0.981. The number of hydrogen-bond donors (Lipinski definition) is 3.